The summed E-state index contributed by atoms with van der Waals surface area (Å²) in [5, 5.41) is 16.0. The number of amides is 3. The summed E-state index contributed by atoms with van der Waals surface area (Å²) in [6, 6.07) is 7.83. The SMILES string of the molecule is O=C1CCN(c2ccc(OCCN3CCC(N4CCN(CC5CCN(c6cnc(N7CCN(c8nc9c(c(NC%10(CO)CCC%10)n8)[S@+]([O-])CC9)CC7)nc6)CC5)CC4)CC3)cc2)C(=O)N1. The highest BCUT2D eigenvalue weighted by Gasteiger charge is 2.41. The number of benzene rings is 1. The van der Waals surface area contributed by atoms with Crippen LogP contribution in [-0.4, -0.2) is 185 Å². The zero-order chi connectivity index (χ0) is 44.3. The summed E-state index contributed by atoms with van der Waals surface area (Å²) < 4.78 is 18.9. The Morgan fingerprint density at radius 2 is 1.49 bits per heavy atom. The standard InChI is InChI=1S/C46H65N13O5S/c60-33-46(12-1-13-46)52-42-41-39(11-29-65(41)63)49-44(51-42)58-25-23-57(24-26-58)43-47-30-37(31-48-43)55-16-6-34(7-17-55)32-54-19-21-56(22-20-54)35-8-14-53(15-9-35)27-28-64-38-4-2-36(3-5-38)59-18-10-40(61)50-45(59)62/h2-5,30-31,34-35,60H,1,6-29,32-33H2,(H,49,51,52)(H,50,61,62)/t65-/m1/s1. The van der Waals surface area contributed by atoms with E-state index >= 15 is 0 Å². The molecule has 18 nitrogen and oxygen atoms in total. The molecule has 7 aliphatic rings. The molecule has 3 amide bonds. The first-order valence-electron chi connectivity index (χ1n) is 24.1. The molecule has 6 fully saturated rings. The molecule has 1 aromatic carbocycles. The van der Waals surface area contributed by atoms with Gasteiger partial charge in [0.1, 0.15) is 23.8 Å². The average Bonchev–Trinajstić information content (AvgIpc) is 3.71. The van der Waals surface area contributed by atoms with Gasteiger partial charge in [0.2, 0.25) is 22.7 Å². The summed E-state index contributed by atoms with van der Waals surface area (Å²) in [4.78, 5) is 60.2. The number of aromatic nitrogens is 4. The lowest BCUT2D eigenvalue weighted by molar-refractivity contribution is -0.120. The Morgan fingerprint density at radius 1 is 0.785 bits per heavy atom. The zero-order valence-corrected chi connectivity index (χ0v) is 38.4. The van der Waals surface area contributed by atoms with Crippen LogP contribution in [0.4, 0.5) is 33.9 Å². The van der Waals surface area contributed by atoms with Crippen molar-refractivity contribution in [3.8, 4) is 5.75 Å². The number of aliphatic hydroxyl groups is 1. The number of ether oxygens (including phenoxy) is 1. The summed E-state index contributed by atoms with van der Waals surface area (Å²) in [6.07, 6.45) is 12.6. The third kappa shape index (κ3) is 10.1. The van der Waals surface area contributed by atoms with Gasteiger partial charge in [0.05, 0.1) is 30.2 Å². The van der Waals surface area contributed by atoms with Crippen molar-refractivity contribution in [1.29, 1.82) is 0 Å². The number of nitrogens with one attached hydrogen (secondary N) is 2. The number of aliphatic hydroxyl groups excluding tert-OH is 1. The molecule has 0 spiro atoms. The molecule has 0 radical (unpaired) electrons. The van der Waals surface area contributed by atoms with Crippen molar-refractivity contribution in [2.45, 2.75) is 74.3 Å². The number of imide groups is 1. The van der Waals surface area contributed by atoms with Crippen LogP contribution in [0.25, 0.3) is 0 Å². The second-order valence-electron chi connectivity index (χ2n) is 19.0. The van der Waals surface area contributed by atoms with Crippen molar-refractivity contribution in [2.75, 3.05) is 142 Å². The van der Waals surface area contributed by atoms with E-state index in [0.717, 1.165) is 144 Å². The normalized spacial score (nSPS) is 23.9. The Morgan fingerprint density at radius 3 is 2.15 bits per heavy atom. The van der Waals surface area contributed by atoms with E-state index in [9.17, 15) is 19.2 Å². The van der Waals surface area contributed by atoms with Crippen LogP contribution in [-0.2, 0) is 22.4 Å². The van der Waals surface area contributed by atoms with Crippen molar-refractivity contribution in [3.05, 3.63) is 42.4 Å². The first-order valence-corrected chi connectivity index (χ1v) is 25.4. The number of anilines is 5. The number of rotatable bonds is 14. The summed E-state index contributed by atoms with van der Waals surface area (Å²) in [7, 11) is 0. The Hall–Kier alpha value is -4.53. The Bertz CT molecular complexity index is 2100. The minimum atomic E-state index is -1.12. The molecule has 65 heavy (non-hydrogen) atoms. The Kier molecular flexibility index (Phi) is 13.5. The quantitative estimate of drug-likeness (QED) is 0.200. The number of aryl methyl sites for hydroxylation is 1. The van der Waals surface area contributed by atoms with Gasteiger partial charge < -0.3 is 39.3 Å². The van der Waals surface area contributed by atoms with Gasteiger partial charge in [-0.2, -0.15) is 4.98 Å². The number of carbonyl (C=O) groups excluding carboxylic acids is 2. The van der Waals surface area contributed by atoms with Crippen LogP contribution >= 0.6 is 0 Å². The number of carbonyl (C=O) groups is 2. The molecule has 1 aliphatic carbocycles. The largest absolute Gasteiger partial charge is 0.611 e. The van der Waals surface area contributed by atoms with Gasteiger partial charge in [0.25, 0.3) is 0 Å². The van der Waals surface area contributed by atoms with E-state index < -0.39 is 11.2 Å². The number of nitrogens with zero attached hydrogens (tertiary/aromatic N) is 11. The predicted octanol–water partition coefficient (Wildman–Crippen LogP) is 2.41. The molecular weight excluding hydrogens is 847 g/mol. The molecule has 5 saturated heterocycles. The number of likely N-dealkylation sites (tertiary alicyclic amines) is 1. The van der Waals surface area contributed by atoms with Gasteiger partial charge in [-0.25, -0.2) is 19.7 Å². The smallest absolute Gasteiger partial charge is 0.328 e. The highest BCUT2D eigenvalue weighted by Crippen LogP contribution is 2.39. The minimum absolute atomic E-state index is 0.0430. The van der Waals surface area contributed by atoms with Gasteiger partial charge in [-0.05, 0) is 99.4 Å². The van der Waals surface area contributed by atoms with Crippen molar-refractivity contribution >= 4 is 52.2 Å². The van der Waals surface area contributed by atoms with E-state index in [-0.39, 0.29) is 24.1 Å². The zero-order valence-electron chi connectivity index (χ0n) is 37.6. The molecular formula is C46H65N13O5S. The molecule has 0 bridgehead atoms. The van der Waals surface area contributed by atoms with E-state index in [2.05, 4.69) is 40.0 Å². The van der Waals surface area contributed by atoms with Crippen LogP contribution < -0.4 is 35.0 Å². The number of piperazine rings is 2. The van der Waals surface area contributed by atoms with Gasteiger partial charge in [-0.3, -0.25) is 24.8 Å². The topological polar surface area (TPSA) is 185 Å². The van der Waals surface area contributed by atoms with Gasteiger partial charge in [-0.15, -0.1) is 0 Å². The predicted molar refractivity (Wildman–Crippen MR) is 251 cm³/mol. The second-order valence-corrected chi connectivity index (χ2v) is 20.5. The third-order valence-corrected chi connectivity index (χ3v) is 16.5. The maximum absolute atomic E-state index is 12.9. The van der Waals surface area contributed by atoms with Gasteiger partial charge in [0, 0.05) is 110 Å². The van der Waals surface area contributed by atoms with Gasteiger partial charge in [0.15, 0.2) is 5.82 Å². The lowest BCUT2D eigenvalue weighted by Gasteiger charge is -2.44. The molecule has 2 aromatic heterocycles. The average molecular weight is 912 g/mol. The molecule has 1 saturated carbocycles. The van der Waals surface area contributed by atoms with Crippen LogP contribution in [0.3, 0.4) is 0 Å². The Balaban J connectivity index is 0.609. The van der Waals surface area contributed by atoms with E-state index in [1.54, 1.807) is 4.90 Å². The fraction of sp³-hybridized carbons (Fsp3) is 0.652. The molecule has 8 heterocycles. The molecule has 3 N–H and O–H groups in total. The number of hydrogen-bond acceptors (Lipinski definition) is 16. The first kappa shape index (κ1) is 44.3. The Labute approximate surface area is 385 Å². The summed E-state index contributed by atoms with van der Waals surface area (Å²) in [5.41, 5.74) is 2.36. The number of urea groups is 1. The monoisotopic (exact) mass is 911 g/mol. The number of fused-ring (bicyclic) bond motifs is 1. The molecule has 6 aliphatic heterocycles. The lowest BCUT2D eigenvalue weighted by Crippen LogP contribution is -2.54. The highest BCUT2D eigenvalue weighted by atomic mass is 32.2. The summed E-state index contributed by atoms with van der Waals surface area (Å²) in [5.74, 6) is 3.92. The third-order valence-electron chi connectivity index (χ3n) is 15.0. The molecule has 19 heteroatoms. The van der Waals surface area contributed by atoms with Crippen LogP contribution in [0.15, 0.2) is 41.6 Å². The van der Waals surface area contributed by atoms with Crippen LogP contribution in [0.2, 0.25) is 0 Å². The van der Waals surface area contributed by atoms with Gasteiger partial charge >= 0.3 is 6.03 Å². The lowest BCUT2D eigenvalue weighted by atomic mass is 9.77. The van der Waals surface area contributed by atoms with Crippen molar-refractivity contribution < 1.29 is 24.0 Å². The van der Waals surface area contributed by atoms with Crippen LogP contribution in [0, 0.1) is 5.92 Å². The number of hydrogen-bond donors (Lipinski definition) is 3. The molecule has 10 rings (SSSR count). The van der Waals surface area contributed by atoms with Gasteiger partial charge in [-0.1, -0.05) is 0 Å². The van der Waals surface area contributed by atoms with Crippen molar-refractivity contribution in [3.63, 3.8) is 0 Å². The van der Waals surface area contributed by atoms with E-state index in [1.807, 2.05) is 36.7 Å². The maximum atomic E-state index is 12.9. The van der Waals surface area contributed by atoms with Crippen LogP contribution in [0.5, 0.6) is 5.75 Å². The molecule has 0 unspecified atom stereocenters. The number of piperidine rings is 2. The van der Waals surface area contributed by atoms with E-state index in [4.69, 9.17) is 24.7 Å². The maximum Gasteiger partial charge on any atom is 0.328 e. The molecule has 350 valence electrons. The van der Waals surface area contributed by atoms with E-state index in [1.165, 1.54) is 32.2 Å². The fourth-order valence-electron chi connectivity index (χ4n) is 10.7. The van der Waals surface area contributed by atoms with Crippen LogP contribution in [0.1, 0.15) is 57.1 Å². The summed E-state index contributed by atoms with van der Waals surface area (Å²) in [6.45, 7) is 15.1. The van der Waals surface area contributed by atoms with Crippen molar-refractivity contribution in [1.82, 2.24) is 40.0 Å². The first-order chi connectivity index (χ1) is 31.8. The molecule has 3 aromatic rings. The molecule has 1 atom stereocenters. The van der Waals surface area contributed by atoms with Crippen molar-refractivity contribution in [2.24, 2.45) is 5.92 Å². The highest BCUT2D eigenvalue weighted by molar-refractivity contribution is 7.91. The second kappa shape index (κ2) is 19.7. The minimum Gasteiger partial charge on any atom is -0.611 e. The summed E-state index contributed by atoms with van der Waals surface area (Å²) >= 11 is -1.12. The van der Waals surface area contributed by atoms with E-state index in [0.29, 0.717) is 49.6 Å². The fourth-order valence-corrected chi connectivity index (χ4v) is 12.0.